The summed E-state index contributed by atoms with van der Waals surface area (Å²) in [7, 11) is 0. The van der Waals surface area contributed by atoms with Crippen LogP contribution in [0.2, 0.25) is 0 Å². The lowest BCUT2D eigenvalue weighted by molar-refractivity contribution is -0.0115. The van der Waals surface area contributed by atoms with Gasteiger partial charge in [-0.2, -0.15) is 0 Å². The number of carbonyl (C=O) groups excluding carboxylic acids is 1. The zero-order valence-corrected chi connectivity index (χ0v) is 22.3. The first-order valence-corrected chi connectivity index (χ1v) is 14.2. The normalized spacial score (nSPS) is 21.4. The smallest absolute Gasteiger partial charge is 0.409 e. The first kappa shape index (κ1) is 25.4. The Kier molecular flexibility index (Phi) is 8.34. The van der Waals surface area contributed by atoms with E-state index in [0.29, 0.717) is 25.9 Å². The molecule has 3 aliphatic rings. The minimum absolute atomic E-state index is 0.147. The average molecular weight is 515 g/mol. The number of likely N-dealkylation sites (tertiary alicyclic amines) is 1. The molecule has 0 saturated carbocycles. The fourth-order valence-corrected chi connectivity index (χ4v) is 6.26. The number of piperidine rings is 1. The second-order valence-electron chi connectivity index (χ2n) is 9.91. The van der Waals surface area contributed by atoms with Crippen molar-refractivity contribution in [3.63, 3.8) is 0 Å². The molecule has 2 saturated heterocycles. The summed E-state index contributed by atoms with van der Waals surface area (Å²) >= 11 is 1.80. The highest BCUT2D eigenvalue weighted by atomic mass is 32.1. The fraction of sp³-hybridized carbons (Fsp3) is 0.607. The summed E-state index contributed by atoms with van der Waals surface area (Å²) in [4.78, 5) is 19.0. The standard InChI is InChI=1S/C28H38N2O5S/c1-3-32-28(31)29-11-9-23(10-12-29)30-13-15-34-27-22(18-30)16-21(26-8-7-20(2)36-26)17-25(27)35-19-24-6-4-5-14-33-24/h7-8,16-17,23-24H,3-6,9-15,18-19H2,1-2H3/t24-/m0/s1. The Hall–Kier alpha value is -2.29. The molecule has 0 aliphatic carbocycles. The molecule has 5 rings (SSSR count). The number of amides is 1. The van der Waals surface area contributed by atoms with Gasteiger partial charge in [0.25, 0.3) is 0 Å². The fourth-order valence-electron chi connectivity index (χ4n) is 5.40. The average Bonchev–Trinajstić information content (AvgIpc) is 3.22. The molecule has 1 aromatic heterocycles. The highest BCUT2D eigenvalue weighted by molar-refractivity contribution is 7.15. The van der Waals surface area contributed by atoms with Gasteiger partial charge in [-0.1, -0.05) is 0 Å². The van der Waals surface area contributed by atoms with Crippen LogP contribution in [0.15, 0.2) is 24.3 Å². The van der Waals surface area contributed by atoms with E-state index in [1.807, 2.05) is 11.8 Å². The Balaban J connectivity index is 1.34. The van der Waals surface area contributed by atoms with Gasteiger partial charge in [-0.05, 0) is 75.8 Å². The van der Waals surface area contributed by atoms with Crippen LogP contribution < -0.4 is 9.47 Å². The van der Waals surface area contributed by atoms with E-state index in [1.165, 1.54) is 27.3 Å². The van der Waals surface area contributed by atoms with Crippen LogP contribution in [0.25, 0.3) is 10.4 Å². The molecule has 36 heavy (non-hydrogen) atoms. The number of rotatable bonds is 6. The molecule has 2 fully saturated rings. The van der Waals surface area contributed by atoms with Crippen molar-refractivity contribution in [2.75, 3.05) is 46.1 Å². The van der Waals surface area contributed by atoms with Crippen LogP contribution in [0.1, 0.15) is 49.5 Å². The van der Waals surface area contributed by atoms with Crippen LogP contribution in [-0.2, 0) is 16.0 Å². The zero-order chi connectivity index (χ0) is 24.9. The van der Waals surface area contributed by atoms with Gasteiger partial charge in [-0.15, -0.1) is 11.3 Å². The van der Waals surface area contributed by atoms with E-state index >= 15 is 0 Å². The number of carbonyl (C=O) groups is 1. The molecule has 1 amide bonds. The minimum atomic E-state index is -0.194. The Morgan fingerprint density at radius 3 is 2.69 bits per heavy atom. The second kappa shape index (κ2) is 11.8. The number of thiophene rings is 1. The molecule has 7 nitrogen and oxygen atoms in total. The molecule has 1 aromatic carbocycles. The molecule has 0 unspecified atom stereocenters. The van der Waals surface area contributed by atoms with E-state index in [-0.39, 0.29) is 12.2 Å². The van der Waals surface area contributed by atoms with E-state index < -0.39 is 0 Å². The number of fused-ring (bicyclic) bond motifs is 1. The SMILES string of the molecule is CCOC(=O)N1CCC(N2CCOc3c(cc(-c4ccc(C)s4)cc3OC[C@@H]3CCCCO3)C2)CC1. The van der Waals surface area contributed by atoms with Gasteiger partial charge >= 0.3 is 6.09 Å². The van der Waals surface area contributed by atoms with Crippen molar-refractivity contribution in [3.8, 4) is 21.9 Å². The Morgan fingerprint density at radius 2 is 1.97 bits per heavy atom. The molecule has 196 valence electrons. The maximum absolute atomic E-state index is 12.1. The third-order valence-corrected chi connectivity index (χ3v) is 8.41. The lowest BCUT2D eigenvalue weighted by Crippen LogP contribution is -2.47. The monoisotopic (exact) mass is 514 g/mol. The van der Waals surface area contributed by atoms with Crippen LogP contribution in [0, 0.1) is 6.92 Å². The predicted molar refractivity (Wildman–Crippen MR) is 141 cm³/mol. The largest absolute Gasteiger partial charge is 0.488 e. The zero-order valence-electron chi connectivity index (χ0n) is 21.5. The number of aryl methyl sites for hydroxylation is 1. The molecule has 3 aliphatic heterocycles. The highest BCUT2D eigenvalue weighted by Gasteiger charge is 2.30. The third kappa shape index (κ3) is 5.98. The lowest BCUT2D eigenvalue weighted by atomic mass is 10.0. The van der Waals surface area contributed by atoms with Gasteiger partial charge in [0.2, 0.25) is 0 Å². The maximum atomic E-state index is 12.1. The van der Waals surface area contributed by atoms with E-state index in [2.05, 4.69) is 36.1 Å². The minimum Gasteiger partial charge on any atom is -0.488 e. The van der Waals surface area contributed by atoms with Crippen LogP contribution in [0.5, 0.6) is 11.5 Å². The second-order valence-corrected chi connectivity index (χ2v) is 11.2. The predicted octanol–water partition coefficient (Wildman–Crippen LogP) is 5.49. The summed E-state index contributed by atoms with van der Waals surface area (Å²) in [6.07, 6.45) is 5.22. The first-order chi connectivity index (χ1) is 17.6. The van der Waals surface area contributed by atoms with Crippen molar-refractivity contribution in [1.29, 1.82) is 0 Å². The van der Waals surface area contributed by atoms with Crippen molar-refractivity contribution in [1.82, 2.24) is 9.80 Å². The van der Waals surface area contributed by atoms with Gasteiger partial charge < -0.3 is 23.8 Å². The van der Waals surface area contributed by atoms with Crippen LogP contribution >= 0.6 is 11.3 Å². The van der Waals surface area contributed by atoms with Crippen LogP contribution in [-0.4, -0.2) is 74.1 Å². The Bertz CT molecular complexity index is 1030. The molecule has 0 spiro atoms. The topological polar surface area (TPSA) is 60.5 Å². The number of hydrogen-bond donors (Lipinski definition) is 0. The molecular weight excluding hydrogens is 476 g/mol. The summed E-state index contributed by atoms with van der Waals surface area (Å²) < 4.78 is 23.8. The summed E-state index contributed by atoms with van der Waals surface area (Å²) in [5.41, 5.74) is 2.34. The van der Waals surface area contributed by atoms with Crippen molar-refractivity contribution in [3.05, 3.63) is 34.7 Å². The molecule has 0 bridgehead atoms. The molecule has 2 aromatic rings. The number of hydrogen-bond acceptors (Lipinski definition) is 7. The quantitative estimate of drug-likeness (QED) is 0.508. The Labute approximate surface area is 218 Å². The van der Waals surface area contributed by atoms with Crippen molar-refractivity contribution in [2.24, 2.45) is 0 Å². The van der Waals surface area contributed by atoms with Crippen molar-refractivity contribution >= 4 is 17.4 Å². The molecule has 0 radical (unpaired) electrons. The summed E-state index contributed by atoms with van der Waals surface area (Å²) in [5, 5.41) is 0. The molecule has 1 atom stereocenters. The van der Waals surface area contributed by atoms with Gasteiger partial charge in [0.15, 0.2) is 11.5 Å². The number of ether oxygens (including phenoxy) is 4. The van der Waals surface area contributed by atoms with Gasteiger partial charge in [0.1, 0.15) is 13.2 Å². The van der Waals surface area contributed by atoms with E-state index in [9.17, 15) is 4.79 Å². The lowest BCUT2D eigenvalue weighted by Gasteiger charge is -2.37. The van der Waals surface area contributed by atoms with Gasteiger partial charge in [0, 0.05) is 54.1 Å². The number of nitrogens with zero attached hydrogens (tertiary/aromatic N) is 2. The van der Waals surface area contributed by atoms with Gasteiger partial charge in [0.05, 0.1) is 12.7 Å². The van der Waals surface area contributed by atoms with Gasteiger partial charge in [-0.3, -0.25) is 4.90 Å². The van der Waals surface area contributed by atoms with Crippen LogP contribution in [0.4, 0.5) is 4.79 Å². The maximum Gasteiger partial charge on any atom is 0.409 e. The third-order valence-electron chi connectivity index (χ3n) is 7.36. The molecule has 8 heteroatoms. The molecule has 0 N–H and O–H groups in total. The Morgan fingerprint density at radius 1 is 1.11 bits per heavy atom. The van der Waals surface area contributed by atoms with Crippen molar-refractivity contribution < 1.29 is 23.7 Å². The highest BCUT2D eigenvalue weighted by Crippen LogP contribution is 2.41. The van der Waals surface area contributed by atoms with E-state index in [1.54, 1.807) is 11.3 Å². The number of benzene rings is 1. The molecular formula is C28H38N2O5S. The van der Waals surface area contributed by atoms with E-state index in [4.69, 9.17) is 18.9 Å². The van der Waals surface area contributed by atoms with Crippen LogP contribution in [0.3, 0.4) is 0 Å². The van der Waals surface area contributed by atoms with E-state index in [0.717, 1.165) is 70.0 Å². The molecule has 4 heterocycles. The summed E-state index contributed by atoms with van der Waals surface area (Å²) in [6, 6.07) is 9.19. The summed E-state index contributed by atoms with van der Waals surface area (Å²) in [6.45, 7) is 9.55. The first-order valence-electron chi connectivity index (χ1n) is 13.4. The summed E-state index contributed by atoms with van der Waals surface area (Å²) in [5.74, 6) is 1.69. The van der Waals surface area contributed by atoms with Crippen molar-refractivity contribution in [2.45, 2.75) is 64.6 Å². The van der Waals surface area contributed by atoms with Gasteiger partial charge in [-0.25, -0.2) is 4.79 Å².